The average molecular weight is 283 g/mol. The van der Waals surface area contributed by atoms with Crippen molar-refractivity contribution in [1.29, 1.82) is 0 Å². The van der Waals surface area contributed by atoms with Gasteiger partial charge in [0.25, 0.3) is 0 Å². The van der Waals surface area contributed by atoms with Gasteiger partial charge in [0.05, 0.1) is 11.5 Å². The maximum Gasteiger partial charge on any atom is 0.304 e. The van der Waals surface area contributed by atoms with Crippen LogP contribution in [-0.2, 0) is 11.3 Å². The molecule has 0 aromatic heterocycles. The summed E-state index contributed by atoms with van der Waals surface area (Å²) in [6, 6.07) is 3.73. The van der Waals surface area contributed by atoms with Crippen molar-refractivity contribution in [2.45, 2.75) is 20.4 Å². The van der Waals surface area contributed by atoms with Gasteiger partial charge >= 0.3 is 5.69 Å². The van der Waals surface area contributed by atoms with E-state index in [0.29, 0.717) is 24.6 Å². The van der Waals surface area contributed by atoms with E-state index >= 15 is 0 Å². The number of halogens is 1. The number of benzene rings is 1. The predicted molar refractivity (Wildman–Crippen MR) is 72.4 cm³/mol. The molecule has 20 heavy (non-hydrogen) atoms. The van der Waals surface area contributed by atoms with Crippen LogP contribution >= 0.6 is 0 Å². The predicted octanol–water partition coefficient (Wildman–Crippen LogP) is 1.68. The lowest BCUT2D eigenvalue weighted by atomic mass is 10.1. The standard InChI is InChI=1S/C13H18FN3O3/c1-9(2)6-16(8-13(15)18)7-10-3-4-12(17(19)20)11(14)5-10/h3-5,9H,6-8H2,1-2H3,(H2,15,18). The fraction of sp³-hybridized carbons (Fsp3) is 0.462. The highest BCUT2D eigenvalue weighted by molar-refractivity contribution is 5.75. The van der Waals surface area contributed by atoms with E-state index in [1.54, 1.807) is 4.90 Å². The highest BCUT2D eigenvalue weighted by Crippen LogP contribution is 2.19. The third-order valence-electron chi connectivity index (χ3n) is 2.62. The van der Waals surface area contributed by atoms with E-state index in [-0.39, 0.29) is 6.54 Å². The molecule has 1 aromatic rings. The molecule has 6 nitrogen and oxygen atoms in total. The zero-order valence-corrected chi connectivity index (χ0v) is 11.5. The minimum absolute atomic E-state index is 0.0663. The molecule has 0 radical (unpaired) electrons. The molecule has 0 spiro atoms. The number of hydrogen-bond donors (Lipinski definition) is 1. The topological polar surface area (TPSA) is 89.5 Å². The molecule has 0 aliphatic heterocycles. The summed E-state index contributed by atoms with van der Waals surface area (Å²) in [7, 11) is 0. The lowest BCUT2D eigenvalue weighted by Gasteiger charge is -2.22. The number of nitrogens with two attached hydrogens (primary N) is 1. The first-order valence-electron chi connectivity index (χ1n) is 6.23. The molecule has 0 atom stereocenters. The van der Waals surface area contributed by atoms with Gasteiger partial charge in [-0.05, 0) is 17.5 Å². The van der Waals surface area contributed by atoms with E-state index < -0.39 is 22.3 Å². The lowest BCUT2D eigenvalue weighted by molar-refractivity contribution is -0.387. The molecule has 0 unspecified atom stereocenters. The van der Waals surface area contributed by atoms with Gasteiger partial charge in [-0.3, -0.25) is 19.8 Å². The Labute approximate surface area is 116 Å². The normalized spacial score (nSPS) is 11.1. The van der Waals surface area contributed by atoms with E-state index in [4.69, 9.17) is 5.73 Å². The number of nitro benzene ring substituents is 1. The number of carbonyl (C=O) groups is 1. The molecule has 110 valence electrons. The monoisotopic (exact) mass is 283 g/mol. The highest BCUT2D eigenvalue weighted by Gasteiger charge is 2.16. The van der Waals surface area contributed by atoms with E-state index in [0.717, 1.165) is 12.1 Å². The van der Waals surface area contributed by atoms with Gasteiger partial charge in [0.1, 0.15) is 0 Å². The number of carbonyl (C=O) groups excluding carboxylic acids is 1. The first-order chi connectivity index (χ1) is 9.29. The second kappa shape index (κ2) is 6.95. The third kappa shape index (κ3) is 4.93. The van der Waals surface area contributed by atoms with Gasteiger partial charge in [0, 0.05) is 19.2 Å². The average Bonchev–Trinajstić information content (AvgIpc) is 2.26. The van der Waals surface area contributed by atoms with Gasteiger partial charge in [-0.1, -0.05) is 19.9 Å². The zero-order valence-electron chi connectivity index (χ0n) is 11.5. The van der Waals surface area contributed by atoms with Gasteiger partial charge in [-0.25, -0.2) is 0 Å². The quantitative estimate of drug-likeness (QED) is 0.609. The molecule has 0 bridgehead atoms. The van der Waals surface area contributed by atoms with Gasteiger partial charge in [0.2, 0.25) is 11.7 Å². The largest absolute Gasteiger partial charge is 0.369 e. The Bertz CT molecular complexity index is 506. The third-order valence-corrected chi connectivity index (χ3v) is 2.62. The van der Waals surface area contributed by atoms with Crippen LogP contribution in [0.15, 0.2) is 18.2 Å². The molecule has 7 heteroatoms. The minimum Gasteiger partial charge on any atom is -0.369 e. The molecule has 0 saturated heterocycles. The summed E-state index contributed by atoms with van der Waals surface area (Å²) in [5, 5.41) is 10.5. The van der Waals surface area contributed by atoms with Crippen molar-refractivity contribution in [3.63, 3.8) is 0 Å². The maximum absolute atomic E-state index is 13.5. The molecule has 1 amide bonds. The van der Waals surface area contributed by atoms with Gasteiger partial charge < -0.3 is 5.73 Å². The molecule has 2 N–H and O–H groups in total. The molecule has 1 aromatic carbocycles. The SMILES string of the molecule is CC(C)CN(CC(N)=O)Cc1ccc([N+](=O)[O-])c(F)c1. The highest BCUT2D eigenvalue weighted by atomic mass is 19.1. The van der Waals surface area contributed by atoms with Crippen LogP contribution in [0.4, 0.5) is 10.1 Å². The van der Waals surface area contributed by atoms with Crippen molar-refractivity contribution in [2.75, 3.05) is 13.1 Å². The van der Waals surface area contributed by atoms with Crippen LogP contribution in [0.1, 0.15) is 19.4 Å². The lowest BCUT2D eigenvalue weighted by Crippen LogP contribution is -2.35. The van der Waals surface area contributed by atoms with Crippen LogP contribution in [-0.4, -0.2) is 28.8 Å². The number of hydrogen-bond acceptors (Lipinski definition) is 4. The first-order valence-corrected chi connectivity index (χ1v) is 6.23. The minimum atomic E-state index is -0.879. The molecule has 1 rings (SSSR count). The first kappa shape index (κ1) is 16.0. The smallest absolute Gasteiger partial charge is 0.304 e. The van der Waals surface area contributed by atoms with Crippen LogP contribution in [0.5, 0.6) is 0 Å². The Balaban J connectivity index is 2.85. The Morgan fingerprint density at radius 1 is 1.50 bits per heavy atom. The fourth-order valence-electron chi connectivity index (χ4n) is 1.98. The number of nitro groups is 1. The molecule has 0 aliphatic rings. The Hall–Kier alpha value is -2.02. The van der Waals surface area contributed by atoms with Crippen LogP contribution in [0.3, 0.4) is 0 Å². The van der Waals surface area contributed by atoms with Crippen LogP contribution < -0.4 is 5.73 Å². The van der Waals surface area contributed by atoms with Gasteiger partial charge in [0.15, 0.2) is 0 Å². The van der Waals surface area contributed by atoms with E-state index in [2.05, 4.69) is 0 Å². The molecular formula is C13H18FN3O3. The number of nitrogens with zero attached hydrogens (tertiary/aromatic N) is 2. The van der Waals surface area contributed by atoms with E-state index in [1.807, 2.05) is 13.8 Å². The van der Waals surface area contributed by atoms with Crippen molar-refractivity contribution in [3.8, 4) is 0 Å². The van der Waals surface area contributed by atoms with Gasteiger partial charge in [-0.15, -0.1) is 0 Å². The Kier molecular flexibility index (Phi) is 5.57. The zero-order chi connectivity index (χ0) is 15.3. The van der Waals surface area contributed by atoms with Crippen molar-refractivity contribution in [2.24, 2.45) is 11.7 Å². The summed E-state index contributed by atoms with van der Waals surface area (Å²) in [6.07, 6.45) is 0. The fourth-order valence-corrected chi connectivity index (χ4v) is 1.98. The number of primary amides is 1. The van der Waals surface area contributed by atoms with Gasteiger partial charge in [-0.2, -0.15) is 4.39 Å². The second-order valence-electron chi connectivity index (χ2n) is 5.07. The summed E-state index contributed by atoms with van der Waals surface area (Å²) in [4.78, 5) is 22.6. The summed E-state index contributed by atoms with van der Waals surface area (Å²) >= 11 is 0. The molecule has 0 saturated carbocycles. The molecular weight excluding hydrogens is 265 g/mol. The summed E-state index contributed by atoms with van der Waals surface area (Å²) < 4.78 is 13.5. The summed E-state index contributed by atoms with van der Waals surface area (Å²) in [5.41, 5.74) is 5.18. The number of amides is 1. The van der Waals surface area contributed by atoms with E-state index in [9.17, 15) is 19.3 Å². The van der Waals surface area contributed by atoms with Crippen molar-refractivity contribution < 1.29 is 14.1 Å². The molecule has 0 aliphatic carbocycles. The van der Waals surface area contributed by atoms with Crippen LogP contribution in [0, 0.1) is 21.8 Å². The number of rotatable bonds is 7. The van der Waals surface area contributed by atoms with Crippen molar-refractivity contribution in [3.05, 3.63) is 39.7 Å². The summed E-state index contributed by atoms with van der Waals surface area (Å²) in [6.45, 7) is 4.99. The summed E-state index contributed by atoms with van der Waals surface area (Å²) in [5.74, 6) is -1.03. The molecule has 0 fully saturated rings. The molecule has 0 heterocycles. The maximum atomic E-state index is 13.5. The Morgan fingerprint density at radius 2 is 2.15 bits per heavy atom. The second-order valence-corrected chi connectivity index (χ2v) is 5.07. The van der Waals surface area contributed by atoms with Crippen molar-refractivity contribution >= 4 is 11.6 Å². The van der Waals surface area contributed by atoms with Crippen molar-refractivity contribution in [1.82, 2.24) is 4.90 Å². The van der Waals surface area contributed by atoms with Crippen LogP contribution in [0.2, 0.25) is 0 Å². The van der Waals surface area contributed by atoms with E-state index in [1.165, 1.54) is 6.07 Å². The van der Waals surface area contributed by atoms with Crippen LogP contribution in [0.25, 0.3) is 0 Å². The Morgan fingerprint density at radius 3 is 2.60 bits per heavy atom.